The van der Waals surface area contributed by atoms with E-state index in [0.29, 0.717) is 17.5 Å². The zero-order chi connectivity index (χ0) is 12.6. The normalized spacial score (nSPS) is 25.1. The first-order valence-corrected chi connectivity index (χ1v) is 6.39. The van der Waals surface area contributed by atoms with Crippen molar-refractivity contribution in [3.8, 4) is 0 Å². The van der Waals surface area contributed by atoms with Gasteiger partial charge in [-0.2, -0.15) is 4.98 Å². The zero-order valence-electron chi connectivity index (χ0n) is 10.6. The van der Waals surface area contributed by atoms with Crippen molar-refractivity contribution in [2.45, 2.75) is 27.2 Å². The zero-order valence-corrected chi connectivity index (χ0v) is 11.3. The van der Waals surface area contributed by atoms with E-state index in [9.17, 15) is 0 Å². The SMILES string of the molecule is Cc1nc(Cl)nc(N2CC(C)CC(C)C2)c1N. The number of aryl methyl sites for hydroxylation is 1. The van der Waals surface area contributed by atoms with Crippen molar-refractivity contribution in [3.05, 3.63) is 11.0 Å². The van der Waals surface area contributed by atoms with Crippen LogP contribution in [0.15, 0.2) is 0 Å². The molecule has 94 valence electrons. The fourth-order valence-electron chi connectivity index (χ4n) is 2.61. The van der Waals surface area contributed by atoms with Crippen molar-refractivity contribution in [2.24, 2.45) is 11.8 Å². The molecule has 2 unspecified atom stereocenters. The van der Waals surface area contributed by atoms with Crippen LogP contribution in [0.3, 0.4) is 0 Å². The lowest BCUT2D eigenvalue weighted by atomic mass is 9.92. The molecule has 2 rings (SSSR count). The molecule has 2 N–H and O–H groups in total. The van der Waals surface area contributed by atoms with Crippen LogP contribution in [0.25, 0.3) is 0 Å². The molecule has 0 saturated carbocycles. The van der Waals surface area contributed by atoms with E-state index in [-0.39, 0.29) is 5.28 Å². The first kappa shape index (κ1) is 12.4. The third kappa shape index (κ3) is 2.63. The molecule has 0 bridgehead atoms. The molecule has 1 fully saturated rings. The highest BCUT2D eigenvalue weighted by Gasteiger charge is 2.25. The lowest BCUT2D eigenvalue weighted by molar-refractivity contribution is 0.355. The number of aromatic nitrogens is 2. The Hall–Kier alpha value is -1.03. The topological polar surface area (TPSA) is 55.0 Å². The van der Waals surface area contributed by atoms with Crippen LogP contribution in [0.2, 0.25) is 5.28 Å². The van der Waals surface area contributed by atoms with Gasteiger partial charge < -0.3 is 10.6 Å². The van der Waals surface area contributed by atoms with Gasteiger partial charge >= 0.3 is 0 Å². The van der Waals surface area contributed by atoms with E-state index < -0.39 is 0 Å². The van der Waals surface area contributed by atoms with E-state index in [0.717, 1.165) is 24.6 Å². The molecule has 4 nitrogen and oxygen atoms in total. The standard InChI is InChI=1S/C12H19ClN4/c1-7-4-8(2)6-17(5-7)11-10(14)9(3)15-12(13)16-11/h7-8H,4-6,14H2,1-3H3. The minimum atomic E-state index is 0.276. The minimum Gasteiger partial charge on any atom is -0.394 e. The Morgan fingerprint density at radius 3 is 2.41 bits per heavy atom. The van der Waals surface area contributed by atoms with Crippen molar-refractivity contribution in [3.63, 3.8) is 0 Å². The molecule has 0 aliphatic carbocycles. The van der Waals surface area contributed by atoms with Gasteiger partial charge in [0.15, 0.2) is 5.82 Å². The van der Waals surface area contributed by atoms with E-state index >= 15 is 0 Å². The van der Waals surface area contributed by atoms with Crippen LogP contribution in [0, 0.1) is 18.8 Å². The Morgan fingerprint density at radius 1 is 1.24 bits per heavy atom. The summed E-state index contributed by atoms with van der Waals surface area (Å²) in [6, 6.07) is 0. The number of hydrogen-bond acceptors (Lipinski definition) is 4. The van der Waals surface area contributed by atoms with Gasteiger partial charge in [-0.3, -0.25) is 0 Å². The molecular formula is C12H19ClN4. The van der Waals surface area contributed by atoms with Gasteiger partial charge in [0, 0.05) is 13.1 Å². The maximum Gasteiger partial charge on any atom is 0.224 e. The number of rotatable bonds is 1. The van der Waals surface area contributed by atoms with Gasteiger partial charge in [0.1, 0.15) is 0 Å². The summed E-state index contributed by atoms with van der Waals surface area (Å²) in [6.45, 7) is 8.36. The molecule has 1 aromatic heterocycles. The van der Waals surface area contributed by atoms with Crippen molar-refractivity contribution >= 4 is 23.1 Å². The summed E-state index contributed by atoms with van der Waals surface area (Å²) in [5, 5.41) is 0.276. The first-order chi connectivity index (χ1) is 7.97. The lowest BCUT2D eigenvalue weighted by Gasteiger charge is -2.36. The molecule has 0 radical (unpaired) electrons. The number of hydrogen-bond donors (Lipinski definition) is 1. The van der Waals surface area contributed by atoms with Gasteiger partial charge in [-0.05, 0) is 36.8 Å². The molecule has 17 heavy (non-hydrogen) atoms. The molecule has 1 aliphatic rings. The van der Waals surface area contributed by atoms with Crippen molar-refractivity contribution < 1.29 is 0 Å². The van der Waals surface area contributed by atoms with Gasteiger partial charge in [0.05, 0.1) is 11.4 Å². The minimum absolute atomic E-state index is 0.276. The predicted molar refractivity (Wildman–Crippen MR) is 71.3 cm³/mol. The highest BCUT2D eigenvalue weighted by Crippen LogP contribution is 2.30. The number of anilines is 2. The van der Waals surface area contributed by atoms with Gasteiger partial charge in [0.25, 0.3) is 0 Å². The fourth-order valence-corrected chi connectivity index (χ4v) is 2.82. The third-order valence-electron chi connectivity index (χ3n) is 3.26. The second-order valence-electron chi connectivity index (χ2n) is 5.17. The highest BCUT2D eigenvalue weighted by atomic mass is 35.5. The average Bonchev–Trinajstić information content (AvgIpc) is 2.22. The van der Waals surface area contributed by atoms with Crippen LogP contribution in [0.4, 0.5) is 11.5 Å². The lowest BCUT2D eigenvalue weighted by Crippen LogP contribution is -2.39. The number of piperidine rings is 1. The number of nitrogen functional groups attached to an aromatic ring is 1. The maximum absolute atomic E-state index is 6.05. The molecule has 0 amide bonds. The molecule has 1 aromatic rings. The molecule has 0 aromatic carbocycles. The largest absolute Gasteiger partial charge is 0.394 e. The summed E-state index contributed by atoms with van der Waals surface area (Å²) in [6.07, 6.45) is 1.26. The first-order valence-electron chi connectivity index (χ1n) is 6.02. The van der Waals surface area contributed by atoms with Gasteiger partial charge in [-0.15, -0.1) is 0 Å². The highest BCUT2D eigenvalue weighted by molar-refractivity contribution is 6.28. The average molecular weight is 255 g/mol. The van der Waals surface area contributed by atoms with E-state index in [4.69, 9.17) is 17.3 Å². The molecular weight excluding hydrogens is 236 g/mol. The van der Waals surface area contributed by atoms with E-state index in [1.165, 1.54) is 6.42 Å². The molecule has 5 heteroatoms. The molecule has 2 heterocycles. The number of halogens is 1. The molecule has 0 spiro atoms. The smallest absolute Gasteiger partial charge is 0.224 e. The van der Waals surface area contributed by atoms with Crippen LogP contribution in [0.5, 0.6) is 0 Å². The van der Waals surface area contributed by atoms with Gasteiger partial charge in [0.2, 0.25) is 5.28 Å². The number of nitrogens with two attached hydrogens (primary N) is 1. The van der Waals surface area contributed by atoms with Gasteiger partial charge in [-0.25, -0.2) is 4.98 Å². The van der Waals surface area contributed by atoms with Crippen molar-refractivity contribution in [2.75, 3.05) is 23.7 Å². The Labute approximate surface area is 107 Å². The maximum atomic E-state index is 6.05. The quantitative estimate of drug-likeness (QED) is 0.783. The van der Waals surface area contributed by atoms with Crippen molar-refractivity contribution in [1.29, 1.82) is 0 Å². The van der Waals surface area contributed by atoms with E-state index in [1.807, 2.05) is 6.92 Å². The summed E-state index contributed by atoms with van der Waals surface area (Å²) in [4.78, 5) is 10.6. The monoisotopic (exact) mass is 254 g/mol. The summed E-state index contributed by atoms with van der Waals surface area (Å²) in [7, 11) is 0. The Balaban J connectivity index is 2.33. The van der Waals surface area contributed by atoms with Crippen LogP contribution >= 0.6 is 11.6 Å². The van der Waals surface area contributed by atoms with E-state index in [2.05, 4.69) is 28.7 Å². The predicted octanol–water partition coefficient (Wildman–Crippen LogP) is 2.50. The molecule has 1 aliphatic heterocycles. The van der Waals surface area contributed by atoms with Crippen LogP contribution in [0.1, 0.15) is 26.0 Å². The Morgan fingerprint density at radius 2 is 1.82 bits per heavy atom. The Kier molecular flexibility index (Phi) is 3.43. The van der Waals surface area contributed by atoms with Gasteiger partial charge in [-0.1, -0.05) is 13.8 Å². The summed E-state index contributed by atoms with van der Waals surface area (Å²) in [5.74, 6) is 2.11. The van der Waals surface area contributed by atoms with Crippen LogP contribution in [-0.2, 0) is 0 Å². The summed E-state index contributed by atoms with van der Waals surface area (Å²) >= 11 is 5.91. The van der Waals surface area contributed by atoms with Crippen LogP contribution in [-0.4, -0.2) is 23.1 Å². The summed E-state index contributed by atoms with van der Waals surface area (Å²) < 4.78 is 0. The van der Waals surface area contributed by atoms with E-state index in [1.54, 1.807) is 0 Å². The number of nitrogens with zero attached hydrogens (tertiary/aromatic N) is 3. The second kappa shape index (κ2) is 4.69. The summed E-state index contributed by atoms with van der Waals surface area (Å²) in [5.41, 5.74) is 7.45. The molecule has 2 atom stereocenters. The fraction of sp³-hybridized carbons (Fsp3) is 0.667. The Bertz CT molecular complexity index is 411. The van der Waals surface area contributed by atoms with Crippen molar-refractivity contribution in [1.82, 2.24) is 9.97 Å². The van der Waals surface area contributed by atoms with Crippen LogP contribution < -0.4 is 10.6 Å². The third-order valence-corrected chi connectivity index (χ3v) is 3.43. The molecule has 1 saturated heterocycles. The second-order valence-corrected chi connectivity index (χ2v) is 5.50.